The van der Waals surface area contributed by atoms with Gasteiger partial charge in [-0.2, -0.15) is 0 Å². The van der Waals surface area contributed by atoms with Crippen LogP contribution < -0.4 is 10.6 Å². The quantitative estimate of drug-likeness (QED) is 0.891. The number of hydrogen-bond donors (Lipinski definition) is 2. The standard InChI is InChI=1S/C17H20FN3O2/c1-21-8-2-5-16(21)17(22)20-12-6-7-15(14(18)10-12)19-11-13-4-3-9-23-13/h2,5-8,10,13,19H,3-4,9,11H2,1H3,(H,20,22)/t13-/m1/s1. The fraction of sp³-hybridized carbons (Fsp3) is 0.353. The summed E-state index contributed by atoms with van der Waals surface area (Å²) >= 11 is 0. The van der Waals surface area contributed by atoms with Crippen LogP contribution in [0, 0.1) is 5.82 Å². The molecule has 1 fully saturated rings. The number of anilines is 2. The third-order valence-electron chi connectivity index (χ3n) is 3.95. The Kier molecular flexibility index (Phi) is 4.62. The van der Waals surface area contributed by atoms with Crippen molar-refractivity contribution < 1.29 is 13.9 Å². The smallest absolute Gasteiger partial charge is 0.272 e. The maximum absolute atomic E-state index is 14.1. The average Bonchev–Trinajstić information content (AvgIpc) is 3.17. The van der Waals surface area contributed by atoms with Gasteiger partial charge in [0, 0.05) is 32.1 Å². The fourth-order valence-electron chi connectivity index (χ4n) is 2.66. The van der Waals surface area contributed by atoms with Crippen LogP contribution in [0.4, 0.5) is 15.8 Å². The number of amides is 1. The summed E-state index contributed by atoms with van der Waals surface area (Å²) in [4.78, 5) is 12.1. The van der Waals surface area contributed by atoms with Gasteiger partial charge in [0.2, 0.25) is 0 Å². The largest absolute Gasteiger partial charge is 0.380 e. The summed E-state index contributed by atoms with van der Waals surface area (Å²) in [7, 11) is 1.79. The van der Waals surface area contributed by atoms with Gasteiger partial charge in [0.05, 0.1) is 11.8 Å². The number of halogens is 1. The van der Waals surface area contributed by atoms with E-state index in [9.17, 15) is 9.18 Å². The lowest BCUT2D eigenvalue weighted by Gasteiger charge is -2.13. The van der Waals surface area contributed by atoms with Crippen molar-refractivity contribution in [3.05, 3.63) is 48.0 Å². The molecule has 2 aromatic rings. The van der Waals surface area contributed by atoms with Crippen molar-refractivity contribution in [3.63, 3.8) is 0 Å². The van der Waals surface area contributed by atoms with E-state index < -0.39 is 5.82 Å². The molecule has 0 aliphatic carbocycles. The zero-order valence-corrected chi connectivity index (χ0v) is 13.0. The highest BCUT2D eigenvalue weighted by atomic mass is 19.1. The van der Waals surface area contributed by atoms with Gasteiger partial charge in [0.25, 0.3) is 5.91 Å². The second-order valence-corrected chi connectivity index (χ2v) is 5.67. The number of carbonyl (C=O) groups excluding carboxylic acids is 1. The highest BCUT2D eigenvalue weighted by Crippen LogP contribution is 2.21. The molecular formula is C17H20FN3O2. The second-order valence-electron chi connectivity index (χ2n) is 5.67. The molecule has 0 saturated carbocycles. The van der Waals surface area contributed by atoms with Crippen molar-refractivity contribution in [2.24, 2.45) is 7.05 Å². The molecule has 1 aliphatic heterocycles. The van der Waals surface area contributed by atoms with E-state index in [0.717, 1.165) is 19.4 Å². The molecule has 0 unspecified atom stereocenters. The van der Waals surface area contributed by atoms with Gasteiger partial charge in [-0.15, -0.1) is 0 Å². The first-order chi connectivity index (χ1) is 11.1. The third-order valence-corrected chi connectivity index (χ3v) is 3.95. The molecule has 1 aromatic carbocycles. The number of hydrogen-bond acceptors (Lipinski definition) is 3. The van der Waals surface area contributed by atoms with Gasteiger partial charge in [-0.3, -0.25) is 4.79 Å². The van der Waals surface area contributed by atoms with E-state index in [0.29, 0.717) is 23.6 Å². The molecule has 0 radical (unpaired) electrons. The summed E-state index contributed by atoms with van der Waals surface area (Å²) in [5.41, 5.74) is 1.36. The van der Waals surface area contributed by atoms with Crippen LogP contribution >= 0.6 is 0 Å². The minimum Gasteiger partial charge on any atom is -0.380 e. The van der Waals surface area contributed by atoms with Gasteiger partial charge in [-0.25, -0.2) is 4.39 Å². The molecule has 0 bridgehead atoms. The van der Waals surface area contributed by atoms with Crippen LogP contribution in [-0.2, 0) is 11.8 Å². The highest BCUT2D eigenvalue weighted by molar-refractivity contribution is 6.03. The number of benzene rings is 1. The molecule has 0 spiro atoms. The molecule has 1 atom stereocenters. The van der Waals surface area contributed by atoms with Crippen LogP contribution in [0.25, 0.3) is 0 Å². The number of aryl methyl sites for hydroxylation is 1. The number of carbonyl (C=O) groups is 1. The SMILES string of the molecule is Cn1cccc1C(=O)Nc1ccc(NC[C@H]2CCCO2)c(F)c1. The normalized spacial score (nSPS) is 17.2. The molecule has 2 heterocycles. The molecule has 5 nitrogen and oxygen atoms in total. The van der Waals surface area contributed by atoms with Crippen LogP contribution in [0.3, 0.4) is 0 Å². The summed E-state index contributed by atoms with van der Waals surface area (Å²) < 4.78 is 21.3. The minimum absolute atomic E-state index is 0.145. The van der Waals surface area contributed by atoms with Crippen LogP contribution in [0.5, 0.6) is 0 Å². The Bertz CT molecular complexity index is 693. The molecule has 1 amide bonds. The van der Waals surface area contributed by atoms with Gasteiger partial charge in [0.1, 0.15) is 11.5 Å². The Morgan fingerprint density at radius 1 is 1.43 bits per heavy atom. The van der Waals surface area contributed by atoms with E-state index in [1.165, 1.54) is 6.07 Å². The maximum Gasteiger partial charge on any atom is 0.272 e. The Hall–Kier alpha value is -2.34. The minimum atomic E-state index is -0.396. The van der Waals surface area contributed by atoms with E-state index in [2.05, 4.69) is 10.6 Å². The van der Waals surface area contributed by atoms with Crippen molar-refractivity contribution in [1.29, 1.82) is 0 Å². The summed E-state index contributed by atoms with van der Waals surface area (Å²) in [5, 5.41) is 5.75. The van der Waals surface area contributed by atoms with E-state index in [-0.39, 0.29) is 12.0 Å². The van der Waals surface area contributed by atoms with Crippen LogP contribution in [0.2, 0.25) is 0 Å². The Morgan fingerprint density at radius 2 is 2.30 bits per heavy atom. The average molecular weight is 317 g/mol. The second kappa shape index (κ2) is 6.83. The van der Waals surface area contributed by atoms with Gasteiger partial charge in [-0.1, -0.05) is 0 Å². The Labute approximate surface area is 134 Å². The Morgan fingerprint density at radius 3 is 2.96 bits per heavy atom. The zero-order valence-electron chi connectivity index (χ0n) is 13.0. The fourth-order valence-corrected chi connectivity index (χ4v) is 2.66. The summed E-state index contributed by atoms with van der Waals surface area (Å²) in [6.07, 6.45) is 3.98. The lowest BCUT2D eigenvalue weighted by atomic mass is 10.2. The first kappa shape index (κ1) is 15.6. The summed E-state index contributed by atoms with van der Waals surface area (Å²) in [6.45, 7) is 1.37. The van der Waals surface area contributed by atoms with Gasteiger partial charge in [0.15, 0.2) is 0 Å². The molecular weight excluding hydrogens is 297 g/mol. The van der Waals surface area contributed by atoms with Crippen LogP contribution in [-0.4, -0.2) is 29.7 Å². The molecule has 1 aromatic heterocycles. The van der Waals surface area contributed by atoms with Crippen molar-refractivity contribution >= 4 is 17.3 Å². The first-order valence-corrected chi connectivity index (χ1v) is 7.71. The number of nitrogens with zero attached hydrogens (tertiary/aromatic N) is 1. The van der Waals surface area contributed by atoms with Crippen molar-refractivity contribution in [1.82, 2.24) is 4.57 Å². The predicted molar refractivity (Wildman–Crippen MR) is 87.2 cm³/mol. The molecule has 1 saturated heterocycles. The molecule has 122 valence electrons. The van der Waals surface area contributed by atoms with Crippen molar-refractivity contribution in [2.45, 2.75) is 18.9 Å². The molecule has 1 aliphatic rings. The number of aromatic nitrogens is 1. The summed E-state index contributed by atoms with van der Waals surface area (Å²) in [6, 6.07) is 8.13. The maximum atomic E-state index is 14.1. The zero-order chi connectivity index (χ0) is 16.2. The predicted octanol–water partition coefficient (Wildman–Crippen LogP) is 3.01. The van der Waals surface area contributed by atoms with E-state index >= 15 is 0 Å². The summed E-state index contributed by atoms with van der Waals surface area (Å²) in [5.74, 6) is -0.662. The topological polar surface area (TPSA) is 55.3 Å². The molecule has 6 heteroatoms. The third kappa shape index (κ3) is 3.71. The van der Waals surface area contributed by atoms with E-state index in [4.69, 9.17) is 4.74 Å². The molecule has 3 rings (SSSR count). The van der Waals surface area contributed by atoms with Crippen LogP contribution in [0.1, 0.15) is 23.3 Å². The Balaban J connectivity index is 1.62. The molecule has 2 N–H and O–H groups in total. The molecule has 23 heavy (non-hydrogen) atoms. The van der Waals surface area contributed by atoms with E-state index in [1.807, 2.05) is 0 Å². The lowest BCUT2D eigenvalue weighted by Crippen LogP contribution is -2.19. The number of ether oxygens (including phenoxy) is 1. The van der Waals surface area contributed by atoms with Crippen molar-refractivity contribution in [3.8, 4) is 0 Å². The van der Waals surface area contributed by atoms with Crippen molar-refractivity contribution in [2.75, 3.05) is 23.8 Å². The van der Waals surface area contributed by atoms with Gasteiger partial charge >= 0.3 is 0 Å². The highest BCUT2D eigenvalue weighted by Gasteiger charge is 2.16. The van der Waals surface area contributed by atoms with Crippen LogP contribution in [0.15, 0.2) is 36.5 Å². The number of rotatable bonds is 5. The first-order valence-electron chi connectivity index (χ1n) is 7.71. The van der Waals surface area contributed by atoms with Gasteiger partial charge < -0.3 is 19.9 Å². The van der Waals surface area contributed by atoms with Gasteiger partial charge in [-0.05, 0) is 43.2 Å². The number of nitrogens with one attached hydrogen (secondary N) is 2. The monoisotopic (exact) mass is 317 g/mol. The van der Waals surface area contributed by atoms with E-state index in [1.54, 1.807) is 42.1 Å². The lowest BCUT2D eigenvalue weighted by molar-refractivity contribution is 0.101.